The van der Waals surface area contributed by atoms with Crippen molar-refractivity contribution in [2.24, 2.45) is 5.73 Å². The van der Waals surface area contributed by atoms with E-state index in [4.69, 9.17) is 0 Å². The second-order valence-corrected chi connectivity index (χ2v) is 3.57. The maximum atomic E-state index is 12.5. The molecule has 18 heavy (non-hydrogen) atoms. The molecule has 2 nitrogen and oxygen atoms in total. The van der Waals surface area contributed by atoms with Crippen molar-refractivity contribution >= 4 is 5.91 Å². The molecule has 0 aromatic heterocycles. The molecule has 0 radical (unpaired) electrons. The summed E-state index contributed by atoms with van der Waals surface area (Å²) in [5.74, 6) is -1.56. The van der Waals surface area contributed by atoms with Crippen molar-refractivity contribution in [1.82, 2.24) is 0 Å². The molecule has 1 rings (SSSR count). The SMILES string of the molecule is Cc1cc(C(F)(F)F)c(C(N)=O)cc1C(F)(F)F. The summed E-state index contributed by atoms with van der Waals surface area (Å²) in [5, 5.41) is 0. The lowest BCUT2D eigenvalue weighted by Crippen LogP contribution is -2.21. The van der Waals surface area contributed by atoms with E-state index < -0.39 is 40.5 Å². The largest absolute Gasteiger partial charge is 0.417 e. The maximum absolute atomic E-state index is 12.5. The molecular formula is C10H7F6NO. The smallest absolute Gasteiger partial charge is 0.366 e. The van der Waals surface area contributed by atoms with E-state index in [2.05, 4.69) is 5.73 Å². The molecule has 1 amide bonds. The van der Waals surface area contributed by atoms with Gasteiger partial charge in [-0.25, -0.2) is 0 Å². The molecule has 0 aliphatic rings. The van der Waals surface area contributed by atoms with Crippen molar-refractivity contribution in [2.75, 3.05) is 0 Å². The first-order valence-corrected chi connectivity index (χ1v) is 4.53. The predicted molar refractivity (Wildman–Crippen MR) is 49.7 cm³/mol. The third-order valence-electron chi connectivity index (χ3n) is 2.24. The van der Waals surface area contributed by atoms with E-state index in [0.717, 1.165) is 6.92 Å². The van der Waals surface area contributed by atoms with E-state index >= 15 is 0 Å². The van der Waals surface area contributed by atoms with E-state index in [-0.39, 0.29) is 12.1 Å². The van der Waals surface area contributed by atoms with E-state index in [1.807, 2.05) is 0 Å². The lowest BCUT2D eigenvalue weighted by molar-refractivity contribution is -0.141. The van der Waals surface area contributed by atoms with Crippen molar-refractivity contribution in [1.29, 1.82) is 0 Å². The Morgan fingerprint density at radius 1 is 1.00 bits per heavy atom. The van der Waals surface area contributed by atoms with Crippen LogP contribution in [0.25, 0.3) is 0 Å². The molecule has 0 heterocycles. The van der Waals surface area contributed by atoms with Crippen LogP contribution in [0.3, 0.4) is 0 Å². The Balaban J connectivity index is 3.60. The van der Waals surface area contributed by atoms with Gasteiger partial charge in [0.2, 0.25) is 5.91 Å². The molecule has 0 saturated heterocycles. The lowest BCUT2D eigenvalue weighted by atomic mass is 9.98. The fraction of sp³-hybridized carbons (Fsp3) is 0.300. The Morgan fingerprint density at radius 2 is 1.44 bits per heavy atom. The predicted octanol–water partition coefficient (Wildman–Crippen LogP) is 3.13. The number of halogens is 6. The lowest BCUT2D eigenvalue weighted by Gasteiger charge is -2.16. The zero-order valence-corrected chi connectivity index (χ0v) is 8.91. The van der Waals surface area contributed by atoms with E-state index in [0.29, 0.717) is 0 Å². The second-order valence-electron chi connectivity index (χ2n) is 3.57. The molecule has 0 fully saturated rings. The minimum atomic E-state index is -4.95. The summed E-state index contributed by atoms with van der Waals surface area (Å²) < 4.78 is 75.0. The molecule has 0 spiro atoms. The summed E-state index contributed by atoms with van der Waals surface area (Å²) in [7, 11) is 0. The fourth-order valence-corrected chi connectivity index (χ4v) is 1.45. The van der Waals surface area contributed by atoms with Gasteiger partial charge in [0, 0.05) is 0 Å². The highest BCUT2D eigenvalue weighted by molar-refractivity contribution is 5.95. The second kappa shape index (κ2) is 4.18. The van der Waals surface area contributed by atoms with Gasteiger partial charge in [-0.1, -0.05) is 0 Å². The number of hydrogen-bond donors (Lipinski definition) is 1. The van der Waals surface area contributed by atoms with Gasteiger partial charge in [0.25, 0.3) is 0 Å². The first kappa shape index (κ1) is 14.3. The quantitative estimate of drug-likeness (QED) is 0.783. The van der Waals surface area contributed by atoms with Crippen LogP contribution in [0.5, 0.6) is 0 Å². The van der Waals surface area contributed by atoms with Crippen LogP contribution < -0.4 is 5.73 Å². The van der Waals surface area contributed by atoms with Crippen molar-refractivity contribution in [3.63, 3.8) is 0 Å². The van der Waals surface area contributed by atoms with E-state index in [1.54, 1.807) is 0 Å². The fourth-order valence-electron chi connectivity index (χ4n) is 1.45. The first-order valence-electron chi connectivity index (χ1n) is 4.53. The Labute approximate surface area is 97.4 Å². The molecule has 100 valence electrons. The van der Waals surface area contributed by atoms with E-state index in [9.17, 15) is 31.1 Å². The van der Waals surface area contributed by atoms with Gasteiger partial charge < -0.3 is 5.73 Å². The zero-order valence-electron chi connectivity index (χ0n) is 8.91. The third kappa shape index (κ3) is 2.74. The number of benzene rings is 1. The van der Waals surface area contributed by atoms with Crippen LogP contribution in [0.15, 0.2) is 12.1 Å². The van der Waals surface area contributed by atoms with Crippen molar-refractivity contribution < 1.29 is 31.1 Å². The topological polar surface area (TPSA) is 43.1 Å². The van der Waals surface area contributed by atoms with E-state index in [1.165, 1.54) is 0 Å². The molecule has 0 atom stereocenters. The number of rotatable bonds is 1. The number of carbonyl (C=O) groups is 1. The molecule has 0 aliphatic heterocycles. The summed E-state index contributed by atoms with van der Waals surface area (Å²) >= 11 is 0. The minimum absolute atomic E-state index is 0.125. The van der Waals surface area contributed by atoms with Crippen molar-refractivity contribution in [3.8, 4) is 0 Å². The van der Waals surface area contributed by atoms with Gasteiger partial charge in [0.1, 0.15) is 0 Å². The molecule has 0 unspecified atom stereocenters. The standard InChI is InChI=1S/C10H7F6NO/c1-4-2-7(10(14,15)16)5(8(17)18)3-6(4)9(11,12)13/h2-3H,1H3,(H2,17,18). The Morgan fingerprint density at radius 3 is 1.78 bits per heavy atom. The highest BCUT2D eigenvalue weighted by Crippen LogP contribution is 2.38. The summed E-state index contributed by atoms with van der Waals surface area (Å²) in [4.78, 5) is 10.8. The van der Waals surface area contributed by atoms with Gasteiger partial charge in [-0.15, -0.1) is 0 Å². The highest BCUT2D eigenvalue weighted by atomic mass is 19.4. The zero-order chi connectivity index (χ0) is 14.3. The average Bonchev–Trinajstić information content (AvgIpc) is 2.13. The van der Waals surface area contributed by atoms with Gasteiger partial charge in [-0.2, -0.15) is 26.3 Å². The molecule has 0 saturated carbocycles. The Hall–Kier alpha value is -1.73. The van der Waals surface area contributed by atoms with Crippen molar-refractivity contribution in [3.05, 3.63) is 34.4 Å². The number of carbonyl (C=O) groups excluding carboxylic acids is 1. The number of primary amides is 1. The molecule has 1 aromatic rings. The molecular weight excluding hydrogens is 264 g/mol. The number of alkyl halides is 6. The van der Waals surface area contributed by atoms with Gasteiger partial charge in [-0.3, -0.25) is 4.79 Å². The number of amides is 1. The van der Waals surface area contributed by atoms with Crippen molar-refractivity contribution in [2.45, 2.75) is 19.3 Å². The number of hydrogen-bond acceptors (Lipinski definition) is 1. The van der Waals surface area contributed by atoms with Crippen LogP contribution in [0, 0.1) is 6.92 Å². The van der Waals surface area contributed by atoms with Crippen LogP contribution in [-0.4, -0.2) is 5.91 Å². The third-order valence-corrected chi connectivity index (χ3v) is 2.24. The highest BCUT2D eigenvalue weighted by Gasteiger charge is 2.39. The van der Waals surface area contributed by atoms with Crippen LogP contribution in [0.1, 0.15) is 27.0 Å². The summed E-state index contributed by atoms with van der Waals surface area (Å²) in [6.07, 6.45) is -9.79. The number of aryl methyl sites for hydroxylation is 1. The van der Waals surface area contributed by atoms with Crippen LogP contribution in [0.2, 0.25) is 0 Å². The Bertz CT molecular complexity index is 488. The Kier molecular flexibility index (Phi) is 3.33. The normalized spacial score (nSPS) is 12.6. The molecule has 0 bridgehead atoms. The summed E-state index contributed by atoms with van der Waals surface area (Å²) in [5.41, 5.74) is 0.0608. The van der Waals surface area contributed by atoms with Gasteiger partial charge in [-0.05, 0) is 24.6 Å². The first-order chi connectivity index (χ1) is 7.94. The average molecular weight is 271 g/mol. The molecule has 8 heteroatoms. The van der Waals surface area contributed by atoms with Gasteiger partial charge in [0.15, 0.2) is 0 Å². The monoisotopic (exact) mass is 271 g/mol. The molecule has 0 aliphatic carbocycles. The van der Waals surface area contributed by atoms with Crippen LogP contribution in [0.4, 0.5) is 26.3 Å². The van der Waals surface area contributed by atoms with Gasteiger partial charge in [0.05, 0.1) is 16.7 Å². The van der Waals surface area contributed by atoms with Gasteiger partial charge >= 0.3 is 12.4 Å². The summed E-state index contributed by atoms with van der Waals surface area (Å²) in [6.45, 7) is 0.878. The van der Waals surface area contributed by atoms with Crippen LogP contribution >= 0.6 is 0 Å². The number of nitrogens with two attached hydrogens (primary N) is 1. The molecule has 2 N–H and O–H groups in total. The minimum Gasteiger partial charge on any atom is -0.366 e. The maximum Gasteiger partial charge on any atom is 0.417 e. The molecule has 1 aromatic carbocycles. The van der Waals surface area contributed by atoms with Crippen LogP contribution in [-0.2, 0) is 12.4 Å². The summed E-state index contributed by atoms with van der Waals surface area (Å²) in [6, 6.07) is 0.392.